The van der Waals surface area contributed by atoms with Crippen molar-refractivity contribution in [2.75, 3.05) is 0 Å². The standard InChI is InChI=1S/C41H30FN2O.C14H16GeN.Ir/c1-41(2,3)28-23-33(26-13-6-4-7-14-26)38(34(24-28)27-15-8-5-9-16-27)44-36-20-11-10-19-35(36)43-40(44)32-18-12-17-31-30-22-21-29(42)25-37(30)45-39(31)32;1-15(2,3)13-9-10-14(16-11-13)12-7-5-4-6-8-12;/h4-17,19-25H,1-3H3;4-7,9-11H,1-3H3;/q2*-1;/i;4D,5D,6D,9D,11D;. The summed E-state index contributed by atoms with van der Waals surface area (Å²) in [6, 6.07) is 51.5. The van der Waals surface area contributed by atoms with Crippen molar-refractivity contribution < 1.29 is 35.8 Å². The second-order valence-corrected chi connectivity index (χ2v) is 27.6. The van der Waals surface area contributed by atoms with Gasteiger partial charge >= 0.3 is 107 Å². The minimum Gasteiger partial charge on any atom is 0 e. The van der Waals surface area contributed by atoms with Crippen LogP contribution in [0.3, 0.4) is 0 Å². The van der Waals surface area contributed by atoms with Crippen LogP contribution in [0.25, 0.3) is 83.6 Å². The molecule has 4 nitrogen and oxygen atoms in total. The van der Waals surface area contributed by atoms with E-state index in [9.17, 15) is 4.39 Å². The van der Waals surface area contributed by atoms with Crippen molar-refractivity contribution in [3.63, 3.8) is 0 Å². The van der Waals surface area contributed by atoms with Crippen molar-refractivity contribution in [2.45, 2.75) is 43.5 Å². The Bertz CT molecular complexity index is 3370. The maximum Gasteiger partial charge on any atom is 0 e. The average molecular weight is 1050 g/mol. The van der Waals surface area contributed by atoms with E-state index in [0.29, 0.717) is 34.3 Å². The van der Waals surface area contributed by atoms with Gasteiger partial charge in [-0.1, -0.05) is 105 Å². The van der Waals surface area contributed by atoms with Gasteiger partial charge in [0, 0.05) is 42.7 Å². The van der Waals surface area contributed by atoms with Gasteiger partial charge in [0.2, 0.25) is 0 Å². The van der Waals surface area contributed by atoms with E-state index in [1.807, 2.05) is 42.5 Å². The van der Waals surface area contributed by atoms with Crippen LogP contribution in [0.5, 0.6) is 0 Å². The topological polar surface area (TPSA) is 43.9 Å². The number of para-hydroxylation sites is 2. The zero-order chi connectivity index (χ0) is 46.7. The van der Waals surface area contributed by atoms with Gasteiger partial charge in [-0.05, 0) is 58.5 Å². The maximum absolute atomic E-state index is 14.3. The zero-order valence-electron chi connectivity index (χ0n) is 40.2. The molecule has 3 aromatic heterocycles. The summed E-state index contributed by atoms with van der Waals surface area (Å²) in [5, 5.41) is 1.75. The van der Waals surface area contributed by atoms with Crippen LogP contribution in [0.4, 0.5) is 4.39 Å². The largest absolute Gasteiger partial charge is 0 e. The molecule has 10 aromatic rings. The Morgan fingerprint density at radius 2 is 1.42 bits per heavy atom. The van der Waals surface area contributed by atoms with Crippen molar-refractivity contribution in [3.8, 4) is 50.6 Å². The first-order chi connectivity index (χ1) is 31.5. The third-order valence-electron chi connectivity index (χ3n) is 10.8. The number of hydrogen-bond acceptors (Lipinski definition) is 3. The molecule has 0 fully saturated rings. The number of pyridine rings is 1. The van der Waals surface area contributed by atoms with Crippen molar-refractivity contribution >= 4 is 50.6 Å². The smallest absolute Gasteiger partial charge is 0 e. The SMILES string of the molecule is CC(C)(C)c1cc(-c2ccccc2)c(-n2c(-c3[c-]ccc4c3oc3cc(F)ccc34)nc3ccccc32)c(-c2ccccc2)c1.[2H]c1[c-]c(-c2cc([2H])[c]([Ge]([CH3])([CH3])[CH3])c([2H])n2)cc([2H])c1[2H].[Ir]. The van der Waals surface area contributed by atoms with E-state index in [1.54, 1.807) is 12.1 Å². The molecule has 7 heteroatoms. The van der Waals surface area contributed by atoms with Crippen LogP contribution in [0.15, 0.2) is 174 Å². The van der Waals surface area contributed by atoms with Crippen LogP contribution < -0.4 is 4.40 Å². The molecule has 3 heterocycles. The van der Waals surface area contributed by atoms with Crippen molar-refractivity contribution in [2.24, 2.45) is 0 Å². The van der Waals surface area contributed by atoms with Crippen LogP contribution >= 0.6 is 0 Å². The molecule has 0 N–H and O–H groups in total. The van der Waals surface area contributed by atoms with Crippen LogP contribution in [-0.2, 0) is 25.5 Å². The van der Waals surface area contributed by atoms with E-state index in [2.05, 4.69) is 126 Å². The zero-order valence-corrected chi connectivity index (χ0v) is 39.7. The Hall–Kier alpha value is -5.92. The van der Waals surface area contributed by atoms with E-state index >= 15 is 0 Å². The van der Waals surface area contributed by atoms with Crippen LogP contribution in [0.1, 0.15) is 33.2 Å². The summed E-state index contributed by atoms with van der Waals surface area (Å²) in [4.78, 5) is 9.45. The number of furan rings is 1. The Morgan fingerprint density at radius 1 is 0.742 bits per heavy atom. The van der Waals surface area contributed by atoms with Gasteiger partial charge in [0.1, 0.15) is 11.4 Å². The molecule has 7 aromatic carbocycles. The van der Waals surface area contributed by atoms with Gasteiger partial charge in [-0.3, -0.25) is 4.98 Å². The Labute approximate surface area is 386 Å². The van der Waals surface area contributed by atoms with E-state index in [4.69, 9.17) is 16.3 Å². The van der Waals surface area contributed by atoms with Gasteiger partial charge in [-0.15, -0.1) is 18.2 Å². The average Bonchev–Trinajstić information content (AvgIpc) is 3.85. The summed E-state index contributed by atoms with van der Waals surface area (Å²) < 4.78 is 62.7. The monoisotopic (exact) mass is 1060 g/mol. The van der Waals surface area contributed by atoms with Gasteiger partial charge in [0.15, 0.2) is 0 Å². The molecule has 0 saturated heterocycles. The summed E-state index contributed by atoms with van der Waals surface area (Å²) in [7, 11) is 0. The molecule has 0 saturated carbocycles. The number of rotatable bonds is 6. The summed E-state index contributed by atoms with van der Waals surface area (Å²) in [5.41, 5.74) is 11.0. The fourth-order valence-electron chi connectivity index (χ4n) is 7.55. The number of halogens is 1. The van der Waals surface area contributed by atoms with E-state index in [0.717, 1.165) is 59.7 Å². The van der Waals surface area contributed by atoms with Gasteiger partial charge < -0.3 is 8.98 Å². The first kappa shape index (κ1) is 36.7. The van der Waals surface area contributed by atoms with Gasteiger partial charge in [0.25, 0.3) is 0 Å². The number of hydrogen-bond donors (Lipinski definition) is 0. The number of imidazole rings is 1. The van der Waals surface area contributed by atoms with E-state index in [-0.39, 0.29) is 55.6 Å². The maximum atomic E-state index is 14.3. The number of benzene rings is 7. The molecule has 62 heavy (non-hydrogen) atoms. The molecule has 10 rings (SSSR count). The van der Waals surface area contributed by atoms with Gasteiger partial charge in [0.05, 0.1) is 28.1 Å². The Morgan fingerprint density at radius 3 is 2.06 bits per heavy atom. The quantitative estimate of drug-likeness (QED) is 0.123. The van der Waals surface area contributed by atoms with E-state index in [1.165, 1.54) is 23.8 Å². The molecule has 1 radical (unpaired) electrons. The molecule has 309 valence electrons. The third kappa shape index (κ3) is 8.48. The van der Waals surface area contributed by atoms with E-state index < -0.39 is 13.3 Å². The summed E-state index contributed by atoms with van der Waals surface area (Å²) in [6.45, 7) is 6.76. The van der Waals surface area contributed by atoms with Crippen LogP contribution in [-0.4, -0.2) is 27.8 Å². The fraction of sp³-hybridized carbons (Fsp3) is 0.127. The minimum absolute atomic E-state index is 0. The van der Waals surface area contributed by atoms with Gasteiger partial charge in [-0.2, -0.15) is 0 Å². The normalized spacial score (nSPS) is 12.8. The predicted molar refractivity (Wildman–Crippen MR) is 254 cm³/mol. The third-order valence-corrected chi connectivity index (χ3v) is 14.4. The Kier molecular flexibility index (Phi) is 10.3. The fourth-order valence-corrected chi connectivity index (χ4v) is 9.43. The summed E-state index contributed by atoms with van der Waals surface area (Å²) >= 11 is -2.35. The minimum atomic E-state index is -2.35. The molecule has 0 aliphatic heterocycles. The van der Waals surface area contributed by atoms with Crippen molar-refractivity contribution in [1.82, 2.24) is 14.5 Å². The van der Waals surface area contributed by atoms with Gasteiger partial charge in [-0.25, -0.2) is 4.39 Å². The summed E-state index contributed by atoms with van der Waals surface area (Å²) in [6.07, 6.45) is 0.103. The second-order valence-electron chi connectivity index (χ2n) is 17.1. The molecule has 0 bridgehead atoms. The summed E-state index contributed by atoms with van der Waals surface area (Å²) in [5.74, 6) is 6.70. The Balaban J connectivity index is 0.000000234. The molecule has 0 aliphatic rings. The molecule has 0 amide bonds. The molecule has 0 atom stereocenters. The molecular formula is C55H46FGeIrN3O-2. The first-order valence-corrected chi connectivity index (χ1v) is 27.6. The molecule has 0 unspecified atom stereocenters. The van der Waals surface area contributed by atoms with Crippen LogP contribution in [0.2, 0.25) is 17.3 Å². The number of fused-ring (bicyclic) bond motifs is 4. The van der Waals surface area contributed by atoms with Crippen LogP contribution in [0, 0.1) is 17.9 Å². The second kappa shape index (κ2) is 17.5. The van der Waals surface area contributed by atoms with Crippen molar-refractivity contribution in [1.29, 1.82) is 0 Å². The first-order valence-electron chi connectivity index (χ1n) is 22.8. The predicted octanol–water partition coefficient (Wildman–Crippen LogP) is 14.3. The number of nitrogens with zero attached hydrogens (tertiary/aromatic N) is 3. The number of aromatic nitrogens is 3. The molecular weight excluding hydrogens is 1000 g/mol. The molecule has 0 aliphatic carbocycles. The van der Waals surface area contributed by atoms with Crippen molar-refractivity contribution in [3.05, 3.63) is 193 Å². The molecule has 0 spiro atoms.